The van der Waals surface area contributed by atoms with Gasteiger partial charge in [0.05, 0.1) is 35.1 Å². The van der Waals surface area contributed by atoms with Crippen molar-refractivity contribution in [1.82, 2.24) is 29.9 Å². The number of nitrogens with one attached hydrogen (secondary N) is 1. The molecule has 1 N–H and O–H groups in total. The zero-order valence-corrected chi connectivity index (χ0v) is 16.4. The van der Waals surface area contributed by atoms with Crippen molar-refractivity contribution in [1.29, 1.82) is 0 Å². The molecule has 4 aromatic heterocycles. The molecule has 28 heavy (non-hydrogen) atoms. The Kier molecular flexibility index (Phi) is 8.05. The molecule has 0 aliphatic carbocycles. The number of H-pyrrole nitrogens is 1. The van der Waals surface area contributed by atoms with Crippen molar-refractivity contribution in [3.8, 4) is 0 Å². The molecular weight excluding hydrogens is 461 g/mol. The first kappa shape index (κ1) is 22.0. The van der Waals surface area contributed by atoms with E-state index >= 15 is 0 Å². The molecule has 0 unspecified atom stereocenters. The average Bonchev–Trinajstić information content (AvgIpc) is 2.63. The Hall–Kier alpha value is -2.34. The summed E-state index contributed by atoms with van der Waals surface area (Å²) in [6.45, 7) is 0. The first-order valence-corrected chi connectivity index (χ1v) is 10.1. The Morgan fingerprint density at radius 3 is 2.04 bits per heavy atom. The molecule has 0 spiro atoms. The Morgan fingerprint density at radius 2 is 1.43 bits per heavy atom. The second-order valence-electron chi connectivity index (χ2n) is 4.63. The SMILES string of the molecule is Fc1cc2c(Cl)ncnc2cn1.O=S(Cl)Cl.O=c1[nH]cnc2cnc(F)cc12. The van der Waals surface area contributed by atoms with E-state index < -0.39 is 21.1 Å². The normalized spacial score (nSPS) is 10.2. The largest absolute Gasteiger partial charge is 0.313 e. The van der Waals surface area contributed by atoms with E-state index in [-0.39, 0.29) is 16.1 Å². The van der Waals surface area contributed by atoms with Gasteiger partial charge in [0, 0.05) is 38.9 Å². The molecule has 4 rings (SSSR count). The lowest BCUT2D eigenvalue weighted by molar-refractivity contribution is 0.585. The van der Waals surface area contributed by atoms with Crippen molar-refractivity contribution in [2.75, 3.05) is 0 Å². The minimum absolute atomic E-state index is 0.213. The van der Waals surface area contributed by atoms with Gasteiger partial charge in [-0.05, 0) is 0 Å². The van der Waals surface area contributed by atoms with Crippen LogP contribution < -0.4 is 5.56 Å². The molecule has 0 atom stereocenters. The van der Waals surface area contributed by atoms with E-state index in [1.165, 1.54) is 31.1 Å². The number of fused-ring (bicyclic) bond motifs is 2. The predicted molar refractivity (Wildman–Crippen MR) is 102 cm³/mol. The minimum atomic E-state index is -1.67. The molecule has 0 saturated heterocycles. The highest BCUT2D eigenvalue weighted by Crippen LogP contribution is 2.17. The fourth-order valence-corrected chi connectivity index (χ4v) is 2.04. The molecule has 0 fully saturated rings. The third-order valence-electron chi connectivity index (χ3n) is 2.93. The third kappa shape index (κ3) is 6.37. The average molecular weight is 468 g/mol. The van der Waals surface area contributed by atoms with Crippen molar-refractivity contribution >= 4 is 64.0 Å². The van der Waals surface area contributed by atoms with Gasteiger partial charge >= 0.3 is 0 Å². The molecule has 0 saturated carbocycles. The quantitative estimate of drug-likeness (QED) is 0.240. The molecule has 0 aliphatic heterocycles. The van der Waals surface area contributed by atoms with Gasteiger partial charge in [0.2, 0.25) is 21.1 Å². The molecular formula is C14H7Cl3F2N6O2S. The summed E-state index contributed by atoms with van der Waals surface area (Å²) in [4.78, 5) is 31.5. The van der Waals surface area contributed by atoms with Gasteiger partial charge in [-0.15, -0.1) is 0 Å². The van der Waals surface area contributed by atoms with Crippen LogP contribution in [0, 0.1) is 11.9 Å². The molecule has 14 heteroatoms. The monoisotopic (exact) mass is 466 g/mol. The number of nitrogens with zero attached hydrogens (tertiary/aromatic N) is 5. The van der Waals surface area contributed by atoms with Gasteiger partial charge in [-0.25, -0.2) is 29.1 Å². The smallest absolute Gasteiger partial charge is 0.258 e. The number of aromatic nitrogens is 6. The molecule has 0 amide bonds. The number of hydrogen-bond donors (Lipinski definition) is 1. The maximum atomic E-state index is 12.6. The lowest BCUT2D eigenvalue weighted by Gasteiger charge is -1.96. The summed E-state index contributed by atoms with van der Waals surface area (Å²) in [5.41, 5.74) is 0.567. The summed E-state index contributed by atoms with van der Waals surface area (Å²) in [7, 11) is 7.36. The molecule has 0 aromatic carbocycles. The van der Waals surface area contributed by atoms with Crippen LogP contribution in [0.3, 0.4) is 0 Å². The van der Waals surface area contributed by atoms with E-state index in [9.17, 15) is 13.6 Å². The highest BCUT2D eigenvalue weighted by Gasteiger charge is 2.02. The maximum absolute atomic E-state index is 12.6. The summed E-state index contributed by atoms with van der Waals surface area (Å²) in [5, 5.41) is 0.929. The van der Waals surface area contributed by atoms with Crippen molar-refractivity contribution < 1.29 is 13.0 Å². The minimum Gasteiger partial charge on any atom is -0.313 e. The summed E-state index contributed by atoms with van der Waals surface area (Å²) >= 11 is 5.68. The van der Waals surface area contributed by atoms with Crippen LogP contribution in [-0.4, -0.2) is 34.1 Å². The Labute approximate surface area is 171 Å². The predicted octanol–water partition coefficient (Wildman–Crippen LogP) is 3.32. The molecule has 4 heterocycles. The lowest BCUT2D eigenvalue weighted by atomic mass is 10.3. The topological polar surface area (TPSA) is 114 Å². The first-order valence-electron chi connectivity index (χ1n) is 6.93. The van der Waals surface area contributed by atoms with Crippen LogP contribution in [0.25, 0.3) is 21.8 Å². The summed E-state index contributed by atoms with van der Waals surface area (Å²) < 4.78 is 34.2. The summed E-state index contributed by atoms with van der Waals surface area (Å²) in [6.07, 6.45) is 5.10. The van der Waals surface area contributed by atoms with E-state index in [1.807, 2.05) is 0 Å². The van der Waals surface area contributed by atoms with Gasteiger partial charge in [-0.3, -0.25) is 4.79 Å². The van der Waals surface area contributed by atoms with Crippen LogP contribution in [0.15, 0.2) is 42.0 Å². The van der Waals surface area contributed by atoms with Gasteiger partial charge in [-0.2, -0.15) is 8.78 Å². The molecule has 0 radical (unpaired) electrons. The zero-order valence-electron chi connectivity index (χ0n) is 13.3. The van der Waals surface area contributed by atoms with Crippen LogP contribution >= 0.6 is 33.0 Å². The fraction of sp³-hybridized carbons (Fsp3) is 0. The summed E-state index contributed by atoms with van der Waals surface area (Å²) in [6, 6.07) is 2.26. The second kappa shape index (κ2) is 10.3. The van der Waals surface area contributed by atoms with Gasteiger partial charge in [0.1, 0.15) is 11.5 Å². The third-order valence-corrected chi connectivity index (χ3v) is 3.23. The van der Waals surface area contributed by atoms with Crippen LogP contribution in [0.1, 0.15) is 0 Å². The molecule has 0 bridgehead atoms. The Balaban J connectivity index is 0.000000169. The van der Waals surface area contributed by atoms with Crippen LogP contribution in [-0.2, 0) is 9.23 Å². The number of pyridine rings is 2. The molecule has 146 valence electrons. The highest BCUT2D eigenvalue weighted by molar-refractivity contribution is 8.26. The lowest BCUT2D eigenvalue weighted by Crippen LogP contribution is -2.06. The number of hydrogen-bond acceptors (Lipinski definition) is 7. The fourth-order valence-electron chi connectivity index (χ4n) is 1.85. The van der Waals surface area contributed by atoms with E-state index in [0.29, 0.717) is 16.4 Å². The Bertz CT molecular complexity index is 1190. The number of rotatable bonds is 0. The molecule has 4 aromatic rings. The van der Waals surface area contributed by atoms with Gasteiger partial charge in [0.25, 0.3) is 5.56 Å². The van der Waals surface area contributed by atoms with Crippen LogP contribution in [0.2, 0.25) is 5.15 Å². The van der Waals surface area contributed by atoms with Crippen LogP contribution in [0.4, 0.5) is 8.78 Å². The molecule has 0 aliphatic rings. The van der Waals surface area contributed by atoms with Crippen molar-refractivity contribution in [2.45, 2.75) is 0 Å². The first-order chi connectivity index (χ1) is 13.3. The van der Waals surface area contributed by atoms with Crippen molar-refractivity contribution in [3.05, 3.63) is 64.6 Å². The van der Waals surface area contributed by atoms with Crippen LogP contribution in [0.5, 0.6) is 0 Å². The van der Waals surface area contributed by atoms with E-state index in [4.69, 9.17) is 15.8 Å². The van der Waals surface area contributed by atoms with E-state index in [2.05, 4.69) is 51.3 Å². The standard InChI is InChI=1S/C7H3ClFN3.C7H4FN3O.Cl2OS/c8-7-4-1-6(9)10-2-5(4)11-3-12-7;8-6-1-4-5(2-9-6)10-3-11-7(4)12;1-4(2)3/h1-3H;1-3H,(H,10,11,12);. The number of halogens is 5. The van der Waals surface area contributed by atoms with Gasteiger partial charge in [-0.1, -0.05) is 11.6 Å². The van der Waals surface area contributed by atoms with Crippen molar-refractivity contribution in [3.63, 3.8) is 0 Å². The second-order valence-corrected chi connectivity index (χ2v) is 7.51. The van der Waals surface area contributed by atoms with Gasteiger partial charge in [0.15, 0.2) is 0 Å². The van der Waals surface area contributed by atoms with E-state index in [0.717, 1.165) is 6.07 Å². The van der Waals surface area contributed by atoms with Crippen molar-refractivity contribution in [2.24, 2.45) is 0 Å². The number of aromatic amines is 1. The summed E-state index contributed by atoms with van der Waals surface area (Å²) in [5.74, 6) is -1.26. The Morgan fingerprint density at radius 1 is 0.893 bits per heavy atom. The highest BCUT2D eigenvalue weighted by atomic mass is 36.0. The zero-order chi connectivity index (χ0) is 20.7. The molecule has 8 nitrogen and oxygen atoms in total. The maximum Gasteiger partial charge on any atom is 0.258 e. The van der Waals surface area contributed by atoms with Gasteiger partial charge < -0.3 is 4.98 Å². The van der Waals surface area contributed by atoms with E-state index in [1.54, 1.807) is 0 Å².